The first-order valence-corrected chi connectivity index (χ1v) is 6.82. The second-order valence-electron chi connectivity index (χ2n) is 4.86. The molecule has 5 heteroatoms. The van der Waals surface area contributed by atoms with Crippen LogP contribution in [0.5, 0.6) is 0 Å². The number of carbonyl (C=O) groups is 2. The van der Waals surface area contributed by atoms with E-state index in [-0.39, 0.29) is 11.9 Å². The summed E-state index contributed by atoms with van der Waals surface area (Å²) < 4.78 is 4.70. The molecular formula is C14H24N2O3. The average molecular weight is 268 g/mol. The van der Waals surface area contributed by atoms with Crippen molar-refractivity contribution in [2.45, 2.75) is 26.2 Å². The lowest BCUT2D eigenvalue weighted by atomic mass is 10.2. The van der Waals surface area contributed by atoms with Crippen molar-refractivity contribution in [2.24, 2.45) is 0 Å². The van der Waals surface area contributed by atoms with Crippen LogP contribution in [0.3, 0.4) is 0 Å². The van der Waals surface area contributed by atoms with Gasteiger partial charge in [0.25, 0.3) is 0 Å². The molecule has 1 fully saturated rings. The van der Waals surface area contributed by atoms with Crippen LogP contribution >= 0.6 is 0 Å². The smallest absolute Gasteiger partial charge is 0.333 e. The largest absolute Gasteiger partial charge is 0.466 e. The lowest BCUT2D eigenvalue weighted by Crippen LogP contribution is -2.37. The summed E-state index contributed by atoms with van der Waals surface area (Å²) in [5, 5.41) is 0. The number of rotatable bonds is 6. The zero-order valence-corrected chi connectivity index (χ0v) is 12.1. The lowest BCUT2D eigenvalue weighted by Gasteiger charge is -2.20. The predicted octanol–water partition coefficient (Wildman–Crippen LogP) is 1.05. The fourth-order valence-corrected chi connectivity index (χ4v) is 2.13. The summed E-state index contributed by atoms with van der Waals surface area (Å²) in [6, 6.07) is 0. The average Bonchev–Trinajstić information content (AvgIpc) is 2.92. The molecule has 0 aromatic carbocycles. The number of ether oxygens (including phenoxy) is 1. The molecule has 0 aromatic heterocycles. The highest BCUT2D eigenvalue weighted by Gasteiger charge is 2.18. The Labute approximate surface area is 115 Å². The first-order chi connectivity index (χ1) is 9.08. The summed E-state index contributed by atoms with van der Waals surface area (Å²) >= 11 is 0. The Morgan fingerprint density at radius 2 is 1.95 bits per heavy atom. The minimum Gasteiger partial charge on any atom is -0.466 e. The minimum atomic E-state index is -0.290. The first kappa shape index (κ1) is 15.7. The van der Waals surface area contributed by atoms with E-state index in [0.717, 1.165) is 25.9 Å². The molecule has 0 saturated carbocycles. The normalized spacial score (nSPS) is 16.0. The molecule has 1 rings (SSSR count). The SMILES string of the molecule is CCC(=CCN(C)CC(=O)N1CCCC1)C(=O)OC. The topological polar surface area (TPSA) is 49.9 Å². The fraction of sp³-hybridized carbons (Fsp3) is 0.714. The molecule has 0 unspecified atom stereocenters. The van der Waals surface area contributed by atoms with Crippen LogP contribution in [-0.4, -0.2) is 62.0 Å². The van der Waals surface area contributed by atoms with Crippen LogP contribution < -0.4 is 0 Å². The Hall–Kier alpha value is -1.36. The van der Waals surface area contributed by atoms with Crippen LogP contribution in [0.2, 0.25) is 0 Å². The number of methoxy groups -OCH3 is 1. The van der Waals surface area contributed by atoms with E-state index in [9.17, 15) is 9.59 Å². The predicted molar refractivity (Wildman–Crippen MR) is 73.7 cm³/mol. The molecule has 1 saturated heterocycles. The number of nitrogens with zero attached hydrogens (tertiary/aromatic N) is 2. The quantitative estimate of drug-likeness (QED) is 0.534. The standard InChI is InChI=1S/C14H24N2O3/c1-4-12(14(18)19-3)7-10-15(2)11-13(17)16-8-5-6-9-16/h7H,4-6,8-11H2,1-3H3. The molecule has 1 aliphatic rings. The van der Waals surface area contributed by atoms with Gasteiger partial charge in [-0.15, -0.1) is 0 Å². The van der Waals surface area contributed by atoms with Crippen molar-refractivity contribution < 1.29 is 14.3 Å². The van der Waals surface area contributed by atoms with E-state index in [1.807, 2.05) is 29.8 Å². The number of amides is 1. The molecule has 1 aliphatic heterocycles. The number of likely N-dealkylation sites (N-methyl/N-ethyl adjacent to an activating group) is 1. The van der Waals surface area contributed by atoms with Gasteiger partial charge in [-0.2, -0.15) is 0 Å². The second-order valence-corrected chi connectivity index (χ2v) is 4.86. The molecule has 0 aromatic rings. The zero-order valence-electron chi connectivity index (χ0n) is 12.1. The van der Waals surface area contributed by atoms with Gasteiger partial charge in [-0.3, -0.25) is 9.69 Å². The molecule has 0 atom stereocenters. The maximum absolute atomic E-state index is 11.9. The lowest BCUT2D eigenvalue weighted by molar-refractivity contribution is -0.136. The van der Waals surface area contributed by atoms with E-state index in [4.69, 9.17) is 4.74 Å². The molecule has 0 spiro atoms. The third-order valence-corrected chi connectivity index (χ3v) is 3.34. The van der Waals surface area contributed by atoms with Gasteiger partial charge in [0, 0.05) is 25.2 Å². The van der Waals surface area contributed by atoms with E-state index < -0.39 is 0 Å². The van der Waals surface area contributed by atoms with Crippen molar-refractivity contribution in [3.8, 4) is 0 Å². The highest BCUT2D eigenvalue weighted by molar-refractivity contribution is 5.88. The highest BCUT2D eigenvalue weighted by atomic mass is 16.5. The Morgan fingerprint density at radius 1 is 1.32 bits per heavy atom. The molecular weight excluding hydrogens is 244 g/mol. The third-order valence-electron chi connectivity index (χ3n) is 3.34. The Bertz CT molecular complexity index is 347. The van der Waals surface area contributed by atoms with Crippen LogP contribution in [0, 0.1) is 0 Å². The van der Waals surface area contributed by atoms with Gasteiger partial charge in [-0.05, 0) is 26.3 Å². The Balaban J connectivity index is 2.41. The van der Waals surface area contributed by atoms with Crippen LogP contribution in [-0.2, 0) is 14.3 Å². The summed E-state index contributed by atoms with van der Waals surface area (Å²) in [5.41, 5.74) is 0.656. The van der Waals surface area contributed by atoms with Crippen molar-refractivity contribution in [1.82, 2.24) is 9.80 Å². The van der Waals surface area contributed by atoms with Crippen molar-refractivity contribution in [3.63, 3.8) is 0 Å². The van der Waals surface area contributed by atoms with Gasteiger partial charge in [0.1, 0.15) is 0 Å². The van der Waals surface area contributed by atoms with Gasteiger partial charge >= 0.3 is 5.97 Å². The molecule has 0 bridgehead atoms. The van der Waals surface area contributed by atoms with E-state index in [1.54, 1.807) is 0 Å². The van der Waals surface area contributed by atoms with E-state index in [0.29, 0.717) is 25.1 Å². The summed E-state index contributed by atoms with van der Waals surface area (Å²) in [4.78, 5) is 27.2. The van der Waals surface area contributed by atoms with Crippen LogP contribution in [0.25, 0.3) is 0 Å². The van der Waals surface area contributed by atoms with Crippen molar-refractivity contribution in [3.05, 3.63) is 11.6 Å². The summed E-state index contributed by atoms with van der Waals surface area (Å²) in [7, 11) is 3.27. The molecule has 19 heavy (non-hydrogen) atoms. The van der Waals surface area contributed by atoms with Crippen LogP contribution in [0.1, 0.15) is 26.2 Å². The van der Waals surface area contributed by atoms with Crippen molar-refractivity contribution >= 4 is 11.9 Å². The molecule has 0 radical (unpaired) electrons. The summed E-state index contributed by atoms with van der Waals surface area (Å²) in [6.45, 7) is 4.65. The van der Waals surface area contributed by atoms with Gasteiger partial charge in [-0.25, -0.2) is 4.79 Å². The third kappa shape index (κ3) is 5.03. The maximum Gasteiger partial charge on any atom is 0.333 e. The zero-order chi connectivity index (χ0) is 14.3. The van der Waals surface area contributed by atoms with Gasteiger partial charge in [-0.1, -0.05) is 13.0 Å². The van der Waals surface area contributed by atoms with Gasteiger partial charge in [0.15, 0.2) is 0 Å². The number of likely N-dealkylation sites (tertiary alicyclic amines) is 1. The van der Waals surface area contributed by atoms with Crippen molar-refractivity contribution in [1.29, 1.82) is 0 Å². The Kier molecular flexibility index (Phi) is 6.56. The fourth-order valence-electron chi connectivity index (χ4n) is 2.13. The molecule has 1 amide bonds. The number of hydrogen-bond acceptors (Lipinski definition) is 4. The molecule has 108 valence electrons. The minimum absolute atomic E-state index is 0.171. The van der Waals surface area contributed by atoms with Gasteiger partial charge in [0.05, 0.1) is 13.7 Å². The molecule has 0 N–H and O–H groups in total. The second kappa shape index (κ2) is 7.94. The number of esters is 1. The Morgan fingerprint density at radius 3 is 2.47 bits per heavy atom. The maximum atomic E-state index is 11.9. The molecule has 5 nitrogen and oxygen atoms in total. The first-order valence-electron chi connectivity index (χ1n) is 6.82. The monoisotopic (exact) mass is 268 g/mol. The van der Waals surface area contributed by atoms with Crippen LogP contribution in [0.15, 0.2) is 11.6 Å². The van der Waals surface area contributed by atoms with E-state index in [2.05, 4.69) is 0 Å². The molecule has 0 aliphatic carbocycles. The highest BCUT2D eigenvalue weighted by Crippen LogP contribution is 2.08. The van der Waals surface area contributed by atoms with E-state index >= 15 is 0 Å². The summed E-state index contributed by atoms with van der Waals surface area (Å²) in [6.07, 6.45) is 4.69. The van der Waals surface area contributed by atoms with E-state index in [1.165, 1.54) is 7.11 Å². The van der Waals surface area contributed by atoms with Crippen molar-refractivity contribution in [2.75, 3.05) is 40.3 Å². The molecule has 1 heterocycles. The van der Waals surface area contributed by atoms with Gasteiger partial charge < -0.3 is 9.64 Å². The van der Waals surface area contributed by atoms with Crippen LogP contribution in [0.4, 0.5) is 0 Å². The van der Waals surface area contributed by atoms with Gasteiger partial charge in [0.2, 0.25) is 5.91 Å². The number of carbonyl (C=O) groups excluding carboxylic acids is 2. The number of hydrogen-bond donors (Lipinski definition) is 0. The summed E-state index contributed by atoms with van der Waals surface area (Å²) in [5.74, 6) is -0.119.